The smallest absolute Gasteiger partial charge is 0.241 e. The number of benzene rings is 1. The third kappa shape index (κ3) is 6.31. The molecule has 0 radical (unpaired) electrons. The van der Waals surface area contributed by atoms with Crippen molar-refractivity contribution < 1.29 is 13.2 Å². The van der Waals surface area contributed by atoms with Crippen LogP contribution in [0.2, 0.25) is 0 Å². The van der Waals surface area contributed by atoms with E-state index in [9.17, 15) is 13.2 Å². The van der Waals surface area contributed by atoms with E-state index >= 15 is 0 Å². The van der Waals surface area contributed by atoms with Gasteiger partial charge in [-0.2, -0.15) is 0 Å². The largest absolute Gasteiger partial charge is 0.351 e. The van der Waals surface area contributed by atoms with Crippen LogP contribution >= 0.6 is 0 Å². The Morgan fingerprint density at radius 3 is 1.85 bits per heavy atom. The van der Waals surface area contributed by atoms with Crippen LogP contribution in [-0.2, 0) is 20.2 Å². The summed E-state index contributed by atoms with van der Waals surface area (Å²) in [7, 11) is -3.57. The van der Waals surface area contributed by atoms with Gasteiger partial charge in [-0.25, -0.2) is 8.42 Å². The maximum Gasteiger partial charge on any atom is 0.241 e. The van der Waals surface area contributed by atoms with Crippen molar-refractivity contribution >= 4 is 21.6 Å². The Labute approximate surface area is 159 Å². The molecule has 0 atom stereocenters. The summed E-state index contributed by atoms with van der Waals surface area (Å²) in [6, 6.07) is 7.36. The standard InChI is InChI=1S/C20H34N2O3S/c1-14(2)19(15(3)4)21-18(23)13-22(26(8,24)25)17-11-9-16(10-12-17)20(5,6)7/h9-12,14-15,19H,13H2,1-8H3,(H,21,23). The Balaban J connectivity index is 3.04. The molecular weight excluding hydrogens is 348 g/mol. The maximum absolute atomic E-state index is 12.5. The molecule has 0 unspecified atom stereocenters. The minimum atomic E-state index is -3.57. The molecule has 0 aromatic heterocycles. The van der Waals surface area contributed by atoms with Crippen molar-refractivity contribution in [3.8, 4) is 0 Å². The van der Waals surface area contributed by atoms with Crippen LogP contribution in [0, 0.1) is 11.8 Å². The van der Waals surface area contributed by atoms with E-state index in [4.69, 9.17) is 0 Å². The Morgan fingerprint density at radius 1 is 1.04 bits per heavy atom. The molecule has 1 N–H and O–H groups in total. The van der Waals surface area contributed by atoms with Crippen LogP contribution in [0.4, 0.5) is 5.69 Å². The van der Waals surface area contributed by atoms with Crippen molar-refractivity contribution in [3.05, 3.63) is 29.8 Å². The SMILES string of the molecule is CC(C)C(NC(=O)CN(c1ccc(C(C)(C)C)cc1)S(C)(=O)=O)C(C)C. The predicted octanol–water partition coefficient (Wildman–Crippen LogP) is 3.55. The van der Waals surface area contributed by atoms with E-state index in [-0.39, 0.29) is 35.7 Å². The zero-order valence-corrected chi connectivity index (χ0v) is 18.1. The first-order valence-corrected chi connectivity index (χ1v) is 11.0. The minimum absolute atomic E-state index is 0.00665. The van der Waals surface area contributed by atoms with E-state index < -0.39 is 10.0 Å². The zero-order valence-electron chi connectivity index (χ0n) is 17.3. The highest BCUT2D eigenvalue weighted by molar-refractivity contribution is 7.92. The molecule has 1 aromatic rings. The summed E-state index contributed by atoms with van der Waals surface area (Å²) in [6.45, 7) is 14.3. The van der Waals surface area contributed by atoms with E-state index in [0.29, 0.717) is 5.69 Å². The highest BCUT2D eigenvalue weighted by Crippen LogP contribution is 2.26. The van der Waals surface area contributed by atoms with Gasteiger partial charge in [-0.05, 0) is 34.9 Å². The number of sulfonamides is 1. The summed E-state index contributed by atoms with van der Waals surface area (Å²) < 4.78 is 25.7. The van der Waals surface area contributed by atoms with Gasteiger partial charge in [-0.1, -0.05) is 60.6 Å². The van der Waals surface area contributed by atoms with E-state index in [1.165, 1.54) is 0 Å². The van der Waals surface area contributed by atoms with E-state index in [1.54, 1.807) is 12.1 Å². The summed E-state index contributed by atoms with van der Waals surface area (Å²) in [5.41, 5.74) is 1.59. The van der Waals surface area contributed by atoms with Crippen molar-refractivity contribution in [1.29, 1.82) is 0 Å². The van der Waals surface area contributed by atoms with Gasteiger partial charge in [0.25, 0.3) is 0 Å². The highest BCUT2D eigenvalue weighted by atomic mass is 32.2. The second-order valence-corrected chi connectivity index (χ2v) is 10.6. The molecule has 0 aliphatic rings. The van der Waals surface area contributed by atoms with Crippen molar-refractivity contribution in [2.45, 2.75) is 59.9 Å². The predicted molar refractivity (Wildman–Crippen MR) is 109 cm³/mol. The molecule has 0 aliphatic heterocycles. The van der Waals surface area contributed by atoms with Gasteiger partial charge in [0.15, 0.2) is 0 Å². The van der Waals surface area contributed by atoms with E-state index in [2.05, 4.69) is 26.1 Å². The fourth-order valence-corrected chi connectivity index (χ4v) is 3.85. The normalized spacial score (nSPS) is 12.7. The third-order valence-corrected chi connectivity index (χ3v) is 5.61. The van der Waals surface area contributed by atoms with Gasteiger partial charge in [0.05, 0.1) is 11.9 Å². The molecule has 0 heterocycles. The van der Waals surface area contributed by atoms with E-state index in [0.717, 1.165) is 16.1 Å². The second-order valence-electron chi connectivity index (χ2n) is 8.65. The second kappa shape index (κ2) is 8.42. The summed E-state index contributed by atoms with van der Waals surface area (Å²) in [4.78, 5) is 12.5. The number of amides is 1. The molecule has 0 aliphatic carbocycles. The Bertz CT molecular complexity index is 694. The monoisotopic (exact) mass is 382 g/mol. The molecule has 0 fully saturated rings. The number of carbonyl (C=O) groups excluding carboxylic acids is 1. The van der Waals surface area contributed by atoms with Gasteiger partial charge in [0, 0.05) is 6.04 Å². The average molecular weight is 383 g/mol. The third-order valence-electron chi connectivity index (χ3n) is 4.47. The summed E-state index contributed by atoms with van der Waals surface area (Å²) >= 11 is 0. The zero-order chi connectivity index (χ0) is 20.3. The Kier molecular flexibility index (Phi) is 7.28. The fourth-order valence-electron chi connectivity index (χ4n) is 2.99. The number of anilines is 1. The van der Waals surface area contributed by atoms with Crippen molar-refractivity contribution in [2.24, 2.45) is 11.8 Å². The topological polar surface area (TPSA) is 66.5 Å². The molecule has 0 bridgehead atoms. The van der Waals surface area contributed by atoms with Crippen molar-refractivity contribution in [2.75, 3.05) is 17.1 Å². The van der Waals surface area contributed by atoms with Gasteiger partial charge in [-0.15, -0.1) is 0 Å². The maximum atomic E-state index is 12.5. The number of nitrogens with one attached hydrogen (secondary N) is 1. The molecule has 1 rings (SSSR count). The van der Waals surface area contributed by atoms with E-state index in [1.807, 2.05) is 39.8 Å². The lowest BCUT2D eigenvalue weighted by Crippen LogP contribution is -2.47. The average Bonchev–Trinajstić information content (AvgIpc) is 2.47. The van der Waals surface area contributed by atoms with Crippen molar-refractivity contribution in [1.82, 2.24) is 5.32 Å². The molecule has 5 nitrogen and oxygen atoms in total. The van der Waals surface area contributed by atoms with Crippen LogP contribution in [-0.4, -0.2) is 33.2 Å². The number of carbonyl (C=O) groups is 1. The first-order chi connectivity index (χ1) is 11.7. The lowest BCUT2D eigenvalue weighted by molar-refractivity contribution is -0.121. The van der Waals surface area contributed by atoms with Crippen LogP contribution in [0.15, 0.2) is 24.3 Å². The van der Waals surface area contributed by atoms with Crippen LogP contribution in [0.5, 0.6) is 0 Å². The minimum Gasteiger partial charge on any atom is -0.351 e. The van der Waals surface area contributed by atoms with Crippen LogP contribution in [0.25, 0.3) is 0 Å². The Hall–Kier alpha value is -1.56. The molecule has 1 amide bonds. The molecule has 0 saturated carbocycles. The first kappa shape index (κ1) is 22.5. The quantitative estimate of drug-likeness (QED) is 0.784. The molecule has 0 saturated heterocycles. The first-order valence-electron chi connectivity index (χ1n) is 9.11. The molecule has 6 heteroatoms. The molecular formula is C20H34N2O3S. The molecule has 148 valence electrons. The number of hydrogen-bond acceptors (Lipinski definition) is 3. The molecule has 0 spiro atoms. The van der Waals surface area contributed by atoms with Crippen molar-refractivity contribution in [3.63, 3.8) is 0 Å². The summed E-state index contributed by atoms with van der Waals surface area (Å²) in [5, 5.41) is 2.98. The Morgan fingerprint density at radius 2 is 1.50 bits per heavy atom. The number of hydrogen-bond donors (Lipinski definition) is 1. The lowest BCUT2D eigenvalue weighted by atomic mass is 9.87. The van der Waals surface area contributed by atoms with Crippen LogP contribution < -0.4 is 9.62 Å². The van der Waals surface area contributed by atoms with Gasteiger partial charge in [-0.3, -0.25) is 9.10 Å². The molecule has 1 aromatic carbocycles. The fraction of sp³-hybridized carbons (Fsp3) is 0.650. The summed E-state index contributed by atoms with van der Waals surface area (Å²) in [5.74, 6) is 0.260. The number of rotatable bonds is 7. The number of nitrogens with zero attached hydrogens (tertiary/aromatic N) is 1. The van der Waals surface area contributed by atoms with Gasteiger partial charge < -0.3 is 5.32 Å². The van der Waals surface area contributed by atoms with Crippen LogP contribution in [0.1, 0.15) is 54.0 Å². The van der Waals surface area contributed by atoms with Gasteiger partial charge in [0.1, 0.15) is 6.54 Å². The van der Waals surface area contributed by atoms with Gasteiger partial charge in [0.2, 0.25) is 15.9 Å². The van der Waals surface area contributed by atoms with Gasteiger partial charge >= 0.3 is 0 Å². The lowest BCUT2D eigenvalue weighted by Gasteiger charge is -2.28. The molecule has 26 heavy (non-hydrogen) atoms. The van der Waals surface area contributed by atoms with Crippen LogP contribution in [0.3, 0.4) is 0 Å². The highest BCUT2D eigenvalue weighted by Gasteiger charge is 2.25. The summed E-state index contributed by atoms with van der Waals surface area (Å²) in [6.07, 6.45) is 1.13.